The molecule has 0 spiro atoms. The van der Waals surface area contributed by atoms with Gasteiger partial charge in [-0.3, -0.25) is 0 Å². The molecule has 2 rings (SSSR count). The van der Waals surface area contributed by atoms with Crippen molar-refractivity contribution in [3.63, 3.8) is 0 Å². The van der Waals surface area contributed by atoms with Crippen LogP contribution in [0.2, 0.25) is 4.34 Å². The van der Waals surface area contributed by atoms with Crippen molar-refractivity contribution in [1.82, 2.24) is 4.37 Å². The van der Waals surface area contributed by atoms with Gasteiger partial charge in [0.05, 0.1) is 5.52 Å². The number of hydrogen-bond donors (Lipinski definition) is 0. The van der Waals surface area contributed by atoms with E-state index >= 15 is 0 Å². The number of halogens is 1. The van der Waals surface area contributed by atoms with Gasteiger partial charge in [-0.2, -0.15) is 4.37 Å². The van der Waals surface area contributed by atoms with E-state index < -0.39 is 0 Å². The summed E-state index contributed by atoms with van der Waals surface area (Å²) in [5, 5.41) is 1.10. The van der Waals surface area contributed by atoms with Gasteiger partial charge in [0.15, 0.2) is 0 Å². The summed E-state index contributed by atoms with van der Waals surface area (Å²) in [6, 6.07) is 6.01. The third-order valence-corrected chi connectivity index (χ3v) is 2.72. The highest BCUT2D eigenvalue weighted by atomic mass is 35.5. The lowest BCUT2D eigenvalue weighted by molar-refractivity contribution is 1.53. The van der Waals surface area contributed by atoms with Gasteiger partial charge in [0, 0.05) is 5.39 Å². The number of fused-ring (bicyclic) bond motifs is 1. The lowest BCUT2D eigenvalue weighted by Gasteiger charge is -1.92. The van der Waals surface area contributed by atoms with E-state index in [0.717, 1.165) is 15.2 Å². The van der Waals surface area contributed by atoms with Crippen molar-refractivity contribution in [3.05, 3.63) is 28.1 Å². The maximum Gasteiger partial charge on any atom is 0.122 e. The Morgan fingerprint density at radius 2 is 2.27 bits per heavy atom. The van der Waals surface area contributed by atoms with Crippen LogP contribution in [0.1, 0.15) is 5.56 Å². The quantitative estimate of drug-likeness (QED) is 0.611. The molecule has 0 unspecified atom stereocenters. The zero-order chi connectivity index (χ0) is 7.84. The Labute approximate surface area is 73.8 Å². The third kappa shape index (κ3) is 1.03. The summed E-state index contributed by atoms with van der Waals surface area (Å²) < 4.78 is 4.98. The van der Waals surface area contributed by atoms with E-state index in [-0.39, 0.29) is 0 Å². The van der Waals surface area contributed by atoms with Gasteiger partial charge in [0.25, 0.3) is 0 Å². The molecule has 0 saturated carbocycles. The molecule has 2 aromatic rings. The van der Waals surface area contributed by atoms with Gasteiger partial charge in [-0.15, -0.1) is 0 Å². The first-order valence-electron chi connectivity index (χ1n) is 3.29. The Hall–Kier alpha value is -0.600. The highest BCUT2D eigenvalue weighted by Gasteiger charge is 2.04. The molecule has 0 aliphatic carbocycles. The number of benzene rings is 1. The van der Waals surface area contributed by atoms with Crippen molar-refractivity contribution in [2.75, 3.05) is 0 Å². The Morgan fingerprint density at radius 1 is 1.45 bits per heavy atom. The first-order valence-corrected chi connectivity index (χ1v) is 4.44. The first-order chi connectivity index (χ1) is 5.29. The van der Waals surface area contributed by atoms with Crippen LogP contribution in [0.4, 0.5) is 0 Å². The fourth-order valence-electron chi connectivity index (χ4n) is 1.12. The fraction of sp³-hybridized carbons (Fsp3) is 0.125. The van der Waals surface area contributed by atoms with E-state index in [2.05, 4.69) is 4.37 Å². The maximum atomic E-state index is 5.93. The topological polar surface area (TPSA) is 12.9 Å². The predicted molar refractivity (Wildman–Crippen MR) is 49.4 cm³/mol. The van der Waals surface area contributed by atoms with E-state index in [4.69, 9.17) is 11.6 Å². The SMILES string of the molecule is Cc1cccc2nsc(Cl)c12. The maximum absolute atomic E-state index is 5.93. The second kappa shape index (κ2) is 2.47. The summed E-state index contributed by atoms with van der Waals surface area (Å²) in [6.45, 7) is 2.04. The van der Waals surface area contributed by atoms with E-state index in [9.17, 15) is 0 Å². The van der Waals surface area contributed by atoms with Crippen molar-refractivity contribution in [1.29, 1.82) is 0 Å². The summed E-state index contributed by atoms with van der Waals surface area (Å²) in [5.41, 5.74) is 2.20. The number of hydrogen-bond acceptors (Lipinski definition) is 2. The molecule has 0 amide bonds. The average molecular weight is 184 g/mol. The highest BCUT2D eigenvalue weighted by Crippen LogP contribution is 2.29. The minimum absolute atomic E-state index is 0.790. The molecule has 1 nitrogen and oxygen atoms in total. The zero-order valence-corrected chi connectivity index (χ0v) is 7.54. The molecule has 0 bridgehead atoms. The number of rotatable bonds is 0. The van der Waals surface area contributed by atoms with Gasteiger partial charge in [-0.1, -0.05) is 23.7 Å². The van der Waals surface area contributed by atoms with Crippen LogP contribution in [0, 0.1) is 6.92 Å². The Bertz CT molecular complexity index is 394. The van der Waals surface area contributed by atoms with E-state index in [1.807, 2.05) is 25.1 Å². The molecule has 0 atom stereocenters. The molecule has 0 aliphatic rings. The van der Waals surface area contributed by atoms with E-state index in [1.165, 1.54) is 17.1 Å². The minimum atomic E-state index is 0.790. The second-order valence-corrected chi connectivity index (χ2v) is 3.80. The fourth-order valence-corrected chi connectivity index (χ4v) is 2.16. The molecule has 1 aromatic carbocycles. The van der Waals surface area contributed by atoms with Crippen LogP contribution in [0.25, 0.3) is 10.9 Å². The molecule has 0 saturated heterocycles. The third-order valence-electron chi connectivity index (χ3n) is 1.67. The standard InChI is InChI=1S/C8H6ClNS/c1-5-3-2-4-6-7(5)8(9)11-10-6/h2-4H,1H3. The lowest BCUT2D eigenvalue weighted by atomic mass is 10.2. The molecule has 1 aromatic heterocycles. The molecule has 11 heavy (non-hydrogen) atoms. The van der Waals surface area contributed by atoms with Crippen LogP contribution in [-0.4, -0.2) is 4.37 Å². The Kier molecular flexibility index (Phi) is 1.59. The zero-order valence-electron chi connectivity index (χ0n) is 5.97. The van der Waals surface area contributed by atoms with Crippen molar-refractivity contribution in [2.45, 2.75) is 6.92 Å². The van der Waals surface area contributed by atoms with E-state index in [0.29, 0.717) is 0 Å². The van der Waals surface area contributed by atoms with Crippen molar-refractivity contribution >= 4 is 34.0 Å². The number of nitrogens with zero attached hydrogens (tertiary/aromatic N) is 1. The Morgan fingerprint density at radius 3 is 3.00 bits per heavy atom. The molecule has 56 valence electrons. The van der Waals surface area contributed by atoms with Crippen LogP contribution in [-0.2, 0) is 0 Å². The summed E-state index contributed by atoms with van der Waals surface area (Å²) in [7, 11) is 0. The van der Waals surface area contributed by atoms with Crippen LogP contribution in [0.3, 0.4) is 0 Å². The molecular formula is C8H6ClNS. The summed E-state index contributed by atoms with van der Waals surface area (Å²) in [6.07, 6.45) is 0. The van der Waals surface area contributed by atoms with Gasteiger partial charge in [0.1, 0.15) is 4.34 Å². The van der Waals surface area contributed by atoms with Crippen molar-refractivity contribution in [2.24, 2.45) is 0 Å². The second-order valence-electron chi connectivity index (χ2n) is 2.43. The van der Waals surface area contributed by atoms with Crippen LogP contribution in [0.5, 0.6) is 0 Å². The van der Waals surface area contributed by atoms with Gasteiger partial charge < -0.3 is 0 Å². The van der Waals surface area contributed by atoms with Crippen molar-refractivity contribution in [3.8, 4) is 0 Å². The lowest BCUT2D eigenvalue weighted by Crippen LogP contribution is -1.72. The highest BCUT2D eigenvalue weighted by molar-refractivity contribution is 7.12. The van der Waals surface area contributed by atoms with E-state index in [1.54, 1.807) is 0 Å². The van der Waals surface area contributed by atoms with Crippen molar-refractivity contribution < 1.29 is 0 Å². The first kappa shape index (κ1) is 7.07. The number of aryl methyl sites for hydroxylation is 1. The molecular weight excluding hydrogens is 178 g/mol. The molecule has 0 N–H and O–H groups in total. The molecule has 0 radical (unpaired) electrons. The van der Waals surface area contributed by atoms with Crippen LogP contribution < -0.4 is 0 Å². The average Bonchev–Trinajstić information content (AvgIpc) is 2.34. The Balaban J connectivity index is 2.96. The van der Waals surface area contributed by atoms with Crippen LogP contribution >= 0.6 is 23.1 Å². The minimum Gasteiger partial charge on any atom is -0.191 e. The molecule has 0 aliphatic heterocycles. The smallest absolute Gasteiger partial charge is 0.122 e. The summed E-state index contributed by atoms with van der Waals surface area (Å²) in [5.74, 6) is 0. The summed E-state index contributed by atoms with van der Waals surface area (Å²) in [4.78, 5) is 0. The molecule has 3 heteroatoms. The number of aromatic nitrogens is 1. The van der Waals surface area contributed by atoms with Gasteiger partial charge in [-0.05, 0) is 30.1 Å². The van der Waals surface area contributed by atoms with Gasteiger partial charge >= 0.3 is 0 Å². The van der Waals surface area contributed by atoms with Gasteiger partial charge in [-0.25, -0.2) is 0 Å². The molecule has 0 fully saturated rings. The largest absolute Gasteiger partial charge is 0.191 e. The molecule has 1 heterocycles. The summed E-state index contributed by atoms with van der Waals surface area (Å²) >= 11 is 7.28. The monoisotopic (exact) mass is 183 g/mol. The normalized spacial score (nSPS) is 10.7. The van der Waals surface area contributed by atoms with Gasteiger partial charge in [0.2, 0.25) is 0 Å². The predicted octanol–water partition coefficient (Wildman–Crippen LogP) is 3.26. The van der Waals surface area contributed by atoms with Crippen LogP contribution in [0.15, 0.2) is 18.2 Å².